The van der Waals surface area contributed by atoms with Gasteiger partial charge in [0.05, 0.1) is 27.6 Å². The molecule has 0 aliphatic rings. The average Bonchev–Trinajstić information content (AvgIpc) is 2.38. The van der Waals surface area contributed by atoms with Gasteiger partial charge in [0.2, 0.25) is 0 Å². The van der Waals surface area contributed by atoms with Crippen LogP contribution < -0.4 is 10.6 Å². The van der Waals surface area contributed by atoms with Crippen molar-refractivity contribution in [3.63, 3.8) is 0 Å². The summed E-state index contributed by atoms with van der Waals surface area (Å²) in [6.07, 6.45) is 0. The van der Waals surface area contributed by atoms with Crippen LogP contribution in [0.5, 0.6) is 0 Å². The van der Waals surface area contributed by atoms with Crippen molar-refractivity contribution in [1.82, 2.24) is 0 Å². The van der Waals surface area contributed by atoms with E-state index in [0.717, 1.165) is 5.69 Å². The summed E-state index contributed by atoms with van der Waals surface area (Å²) in [6.45, 7) is 0. The van der Waals surface area contributed by atoms with E-state index in [1.54, 1.807) is 24.3 Å². The Morgan fingerprint density at radius 1 is 1.17 bits per heavy atom. The lowest BCUT2D eigenvalue weighted by molar-refractivity contribution is 1.20. The molecule has 0 fully saturated rings. The Morgan fingerprint density at radius 2 is 1.89 bits per heavy atom. The van der Waals surface area contributed by atoms with Crippen LogP contribution in [-0.2, 0) is 0 Å². The van der Waals surface area contributed by atoms with E-state index in [1.807, 2.05) is 30.1 Å². The van der Waals surface area contributed by atoms with Gasteiger partial charge in [-0.15, -0.1) is 0 Å². The molecular weight excluding hydrogens is 246 g/mol. The molecule has 3 nitrogen and oxygen atoms in total. The number of nitrogens with two attached hydrogens (primary N) is 1. The number of hydrogen-bond donors (Lipinski definition) is 1. The monoisotopic (exact) mass is 257 g/mol. The largest absolute Gasteiger partial charge is 0.397 e. The van der Waals surface area contributed by atoms with Gasteiger partial charge < -0.3 is 10.6 Å². The lowest BCUT2D eigenvalue weighted by Gasteiger charge is -2.23. The Hall–Kier alpha value is -2.18. The molecule has 0 radical (unpaired) electrons. The Labute approximate surface area is 111 Å². The van der Waals surface area contributed by atoms with E-state index in [1.165, 1.54) is 0 Å². The highest BCUT2D eigenvalue weighted by atomic mass is 35.5. The van der Waals surface area contributed by atoms with Gasteiger partial charge in [-0.2, -0.15) is 5.26 Å². The van der Waals surface area contributed by atoms with Crippen LogP contribution >= 0.6 is 11.6 Å². The third-order valence-corrected chi connectivity index (χ3v) is 3.04. The molecule has 0 aliphatic heterocycles. The first-order valence-electron chi connectivity index (χ1n) is 5.42. The molecule has 0 atom stereocenters. The predicted molar refractivity (Wildman–Crippen MR) is 75.1 cm³/mol. The van der Waals surface area contributed by atoms with Crippen LogP contribution in [0.25, 0.3) is 0 Å². The predicted octanol–water partition coefficient (Wildman–Crippen LogP) is 3.56. The van der Waals surface area contributed by atoms with Gasteiger partial charge in [-0.25, -0.2) is 0 Å². The zero-order chi connectivity index (χ0) is 13.1. The highest BCUT2D eigenvalue weighted by Gasteiger charge is 2.14. The van der Waals surface area contributed by atoms with Gasteiger partial charge in [0.25, 0.3) is 0 Å². The fraction of sp³-hybridized carbons (Fsp3) is 0.0714. The van der Waals surface area contributed by atoms with Crippen molar-refractivity contribution in [2.45, 2.75) is 0 Å². The first kappa shape index (κ1) is 12.3. The molecule has 18 heavy (non-hydrogen) atoms. The van der Waals surface area contributed by atoms with E-state index < -0.39 is 0 Å². The van der Waals surface area contributed by atoms with Crippen LogP contribution in [0.4, 0.5) is 17.1 Å². The summed E-state index contributed by atoms with van der Waals surface area (Å²) in [5, 5.41) is 9.67. The molecule has 0 unspecified atom stereocenters. The first-order valence-corrected chi connectivity index (χ1v) is 5.80. The van der Waals surface area contributed by atoms with Crippen molar-refractivity contribution < 1.29 is 0 Å². The quantitative estimate of drug-likeness (QED) is 0.837. The Morgan fingerprint density at radius 3 is 2.56 bits per heavy atom. The number of halogens is 1. The summed E-state index contributed by atoms with van der Waals surface area (Å²) >= 11 is 6.17. The molecule has 0 heterocycles. The molecule has 2 aromatic rings. The minimum Gasteiger partial charge on any atom is -0.397 e. The van der Waals surface area contributed by atoms with Crippen LogP contribution in [-0.4, -0.2) is 7.05 Å². The van der Waals surface area contributed by atoms with Gasteiger partial charge in [-0.05, 0) is 24.3 Å². The van der Waals surface area contributed by atoms with Crippen LogP contribution in [0.15, 0.2) is 42.5 Å². The number of nitrogens with zero attached hydrogens (tertiary/aromatic N) is 2. The highest BCUT2D eigenvalue weighted by Crippen LogP contribution is 2.36. The lowest BCUT2D eigenvalue weighted by Crippen LogP contribution is -2.13. The number of hydrogen-bond acceptors (Lipinski definition) is 3. The third kappa shape index (κ3) is 2.11. The molecule has 0 saturated heterocycles. The topological polar surface area (TPSA) is 53.0 Å². The normalized spacial score (nSPS) is 9.83. The molecule has 0 amide bonds. The molecule has 4 heteroatoms. The van der Waals surface area contributed by atoms with Gasteiger partial charge in [0, 0.05) is 7.05 Å². The number of para-hydroxylation sites is 2. The zero-order valence-electron chi connectivity index (χ0n) is 9.89. The maximum absolute atomic E-state index is 9.11. The number of nitriles is 1. The molecule has 0 bridgehead atoms. The summed E-state index contributed by atoms with van der Waals surface area (Å²) in [6, 6.07) is 14.8. The molecule has 2 rings (SSSR count). The van der Waals surface area contributed by atoms with E-state index in [-0.39, 0.29) is 0 Å². The highest BCUT2D eigenvalue weighted by molar-refractivity contribution is 6.34. The SMILES string of the molecule is CN(c1ccccc1C#N)c1c(N)cccc1Cl. The fourth-order valence-corrected chi connectivity index (χ4v) is 2.18. The third-order valence-electron chi connectivity index (χ3n) is 2.74. The number of anilines is 3. The second kappa shape index (κ2) is 4.99. The van der Waals surface area contributed by atoms with Gasteiger partial charge in [0.1, 0.15) is 6.07 Å². The summed E-state index contributed by atoms with van der Waals surface area (Å²) in [4.78, 5) is 1.83. The van der Waals surface area contributed by atoms with E-state index in [9.17, 15) is 0 Å². The summed E-state index contributed by atoms with van der Waals surface area (Å²) in [7, 11) is 1.84. The summed E-state index contributed by atoms with van der Waals surface area (Å²) in [5.41, 5.74) is 8.59. The number of benzene rings is 2. The van der Waals surface area contributed by atoms with Crippen molar-refractivity contribution in [3.05, 3.63) is 53.1 Å². The standard InChI is InChI=1S/C14H12ClN3/c1-18(13-8-3-2-5-10(13)9-16)14-11(15)6-4-7-12(14)17/h2-8H,17H2,1H3. The maximum atomic E-state index is 9.11. The molecule has 0 aromatic heterocycles. The summed E-state index contributed by atoms with van der Waals surface area (Å²) < 4.78 is 0. The van der Waals surface area contributed by atoms with Crippen molar-refractivity contribution in [2.75, 3.05) is 17.7 Å². The van der Waals surface area contributed by atoms with Crippen molar-refractivity contribution in [1.29, 1.82) is 5.26 Å². The smallest absolute Gasteiger partial charge is 0.101 e. The van der Waals surface area contributed by atoms with Gasteiger partial charge in [-0.3, -0.25) is 0 Å². The van der Waals surface area contributed by atoms with Gasteiger partial charge in [0.15, 0.2) is 0 Å². The number of rotatable bonds is 2. The molecule has 2 N–H and O–H groups in total. The second-order valence-electron chi connectivity index (χ2n) is 3.87. The molecule has 0 aliphatic carbocycles. The fourth-order valence-electron chi connectivity index (χ4n) is 1.87. The minimum atomic E-state index is 0.560. The molecule has 0 spiro atoms. The zero-order valence-corrected chi connectivity index (χ0v) is 10.6. The van der Waals surface area contributed by atoms with Crippen molar-refractivity contribution >= 4 is 28.7 Å². The van der Waals surface area contributed by atoms with E-state index in [4.69, 9.17) is 22.6 Å². The van der Waals surface area contributed by atoms with Crippen molar-refractivity contribution in [3.8, 4) is 6.07 Å². The second-order valence-corrected chi connectivity index (χ2v) is 4.27. The summed E-state index contributed by atoms with van der Waals surface area (Å²) in [5.74, 6) is 0. The molecule has 90 valence electrons. The van der Waals surface area contributed by atoms with Gasteiger partial charge >= 0.3 is 0 Å². The molecular formula is C14H12ClN3. The average molecular weight is 258 g/mol. The minimum absolute atomic E-state index is 0.560. The maximum Gasteiger partial charge on any atom is 0.101 e. The Kier molecular flexibility index (Phi) is 3.40. The van der Waals surface area contributed by atoms with E-state index in [0.29, 0.717) is 22.0 Å². The molecule has 0 saturated carbocycles. The Balaban J connectivity index is 2.56. The van der Waals surface area contributed by atoms with Crippen molar-refractivity contribution in [2.24, 2.45) is 0 Å². The van der Waals surface area contributed by atoms with Gasteiger partial charge in [-0.1, -0.05) is 29.8 Å². The van der Waals surface area contributed by atoms with Crippen LogP contribution in [0.3, 0.4) is 0 Å². The first-order chi connectivity index (χ1) is 8.65. The van der Waals surface area contributed by atoms with E-state index >= 15 is 0 Å². The van der Waals surface area contributed by atoms with E-state index in [2.05, 4.69) is 6.07 Å². The Bertz CT molecular complexity index is 596. The lowest BCUT2D eigenvalue weighted by atomic mass is 10.1. The molecule has 2 aromatic carbocycles. The van der Waals surface area contributed by atoms with Crippen LogP contribution in [0.1, 0.15) is 5.56 Å². The van der Waals surface area contributed by atoms with Crippen LogP contribution in [0, 0.1) is 11.3 Å². The number of nitrogen functional groups attached to an aromatic ring is 1. The van der Waals surface area contributed by atoms with Crippen LogP contribution in [0.2, 0.25) is 5.02 Å².